The van der Waals surface area contributed by atoms with Crippen LogP contribution in [-0.4, -0.2) is 46.9 Å². The van der Waals surface area contributed by atoms with Crippen LogP contribution in [0.2, 0.25) is 0 Å². The zero-order valence-corrected chi connectivity index (χ0v) is 17.7. The molecule has 2 aliphatic rings. The van der Waals surface area contributed by atoms with Gasteiger partial charge in [-0.25, -0.2) is 4.98 Å². The molecule has 6 heteroatoms. The molecule has 1 aromatic heterocycles. The number of aryl methyl sites for hydroxylation is 2. The highest BCUT2D eigenvalue weighted by Crippen LogP contribution is 2.27. The summed E-state index contributed by atoms with van der Waals surface area (Å²) in [5.74, 6) is 0.976. The Morgan fingerprint density at radius 1 is 1.14 bits per heavy atom. The molecule has 5 nitrogen and oxygen atoms in total. The number of carbonyl (C=O) groups is 1. The normalized spacial score (nSPS) is 18.1. The smallest absolute Gasteiger partial charge is 0.266 e. The number of likely N-dealkylation sites (tertiary alicyclic amines) is 1. The van der Waals surface area contributed by atoms with Crippen LogP contribution in [0.25, 0.3) is 0 Å². The first-order chi connectivity index (χ1) is 13.6. The van der Waals surface area contributed by atoms with Crippen molar-refractivity contribution in [1.29, 1.82) is 0 Å². The highest BCUT2D eigenvalue weighted by atomic mass is 32.1. The van der Waals surface area contributed by atoms with Crippen LogP contribution in [0.15, 0.2) is 18.2 Å². The van der Waals surface area contributed by atoms with Crippen LogP contribution in [-0.2, 0) is 13.1 Å². The largest absolute Gasteiger partial charge is 0.491 e. The lowest BCUT2D eigenvalue weighted by Gasteiger charge is -2.21. The number of rotatable bonds is 3. The van der Waals surface area contributed by atoms with E-state index in [1.165, 1.54) is 55.7 Å². The highest BCUT2D eigenvalue weighted by molar-refractivity contribution is 7.13. The molecule has 0 aliphatic carbocycles. The maximum atomic E-state index is 13.1. The molecular formula is C22H29N3O2S. The van der Waals surface area contributed by atoms with E-state index in [1.54, 1.807) is 0 Å². The summed E-state index contributed by atoms with van der Waals surface area (Å²) in [7, 11) is 0. The number of thiazole rings is 1. The van der Waals surface area contributed by atoms with E-state index in [4.69, 9.17) is 4.74 Å². The van der Waals surface area contributed by atoms with Gasteiger partial charge in [0, 0.05) is 18.7 Å². The Kier molecular flexibility index (Phi) is 5.97. The highest BCUT2D eigenvalue weighted by Gasteiger charge is 2.24. The van der Waals surface area contributed by atoms with Crippen molar-refractivity contribution in [3.05, 3.63) is 44.9 Å². The average molecular weight is 400 g/mol. The monoisotopic (exact) mass is 399 g/mol. The van der Waals surface area contributed by atoms with Gasteiger partial charge in [0.25, 0.3) is 5.91 Å². The summed E-state index contributed by atoms with van der Waals surface area (Å²) < 4.78 is 5.95. The Hall–Kier alpha value is -1.92. The molecule has 0 atom stereocenters. The van der Waals surface area contributed by atoms with Crippen molar-refractivity contribution < 1.29 is 9.53 Å². The maximum Gasteiger partial charge on any atom is 0.266 e. The first-order valence-corrected chi connectivity index (χ1v) is 11.1. The molecule has 0 radical (unpaired) electrons. The molecule has 1 saturated heterocycles. The molecule has 150 valence electrons. The van der Waals surface area contributed by atoms with Gasteiger partial charge < -0.3 is 9.64 Å². The number of amides is 1. The van der Waals surface area contributed by atoms with E-state index < -0.39 is 0 Å². The van der Waals surface area contributed by atoms with Crippen LogP contribution in [0, 0.1) is 13.8 Å². The molecule has 0 bridgehead atoms. The van der Waals surface area contributed by atoms with Gasteiger partial charge >= 0.3 is 0 Å². The molecule has 28 heavy (non-hydrogen) atoms. The lowest BCUT2D eigenvalue weighted by molar-refractivity contribution is 0.0737. The third kappa shape index (κ3) is 4.39. The minimum Gasteiger partial charge on any atom is -0.491 e. The predicted molar refractivity (Wildman–Crippen MR) is 112 cm³/mol. The zero-order valence-electron chi connectivity index (χ0n) is 16.9. The molecule has 0 spiro atoms. The van der Waals surface area contributed by atoms with Crippen LogP contribution in [0.5, 0.6) is 5.75 Å². The van der Waals surface area contributed by atoms with Crippen LogP contribution in [0.1, 0.15) is 57.2 Å². The molecule has 0 N–H and O–H groups in total. The molecule has 2 aliphatic heterocycles. The maximum absolute atomic E-state index is 13.1. The van der Waals surface area contributed by atoms with Gasteiger partial charge in [0.1, 0.15) is 17.2 Å². The van der Waals surface area contributed by atoms with Gasteiger partial charge in [-0.2, -0.15) is 0 Å². The van der Waals surface area contributed by atoms with Crippen molar-refractivity contribution in [2.75, 3.05) is 26.2 Å². The molecule has 3 heterocycles. The average Bonchev–Trinajstić information content (AvgIpc) is 2.89. The summed E-state index contributed by atoms with van der Waals surface area (Å²) in [5.41, 5.74) is 3.24. The Bertz CT molecular complexity index is 840. The van der Waals surface area contributed by atoms with Crippen molar-refractivity contribution in [3.8, 4) is 5.75 Å². The summed E-state index contributed by atoms with van der Waals surface area (Å²) in [6, 6.07) is 6.49. The third-order valence-corrected chi connectivity index (χ3v) is 6.66. The number of fused-ring (bicyclic) bond motifs is 1. The van der Waals surface area contributed by atoms with Crippen molar-refractivity contribution >= 4 is 17.2 Å². The van der Waals surface area contributed by atoms with Crippen molar-refractivity contribution in [1.82, 2.24) is 14.8 Å². The fourth-order valence-corrected chi connectivity index (χ4v) is 5.03. The van der Waals surface area contributed by atoms with E-state index >= 15 is 0 Å². The summed E-state index contributed by atoms with van der Waals surface area (Å²) in [6.45, 7) is 8.94. The Morgan fingerprint density at radius 2 is 1.93 bits per heavy atom. The molecule has 0 saturated carbocycles. The predicted octanol–water partition coefficient (Wildman–Crippen LogP) is 4.17. The minimum atomic E-state index is 0.0671. The summed E-state index contributed by atoms with van der Waals surface area (Å²) >= 11 is 1.48. The molecular weight excluding hydrogens is 370 g/mol. The Morgan fingerprint density at radius 3 is 2.64 bits per heavy atom. The number of hydrogen-bond acceptors (Lipinski definition) is 5. The number of ether oxygens (including phenoxy) is 1. The molecule has 0 unspecified atom stereocenters. The molecule has 1 aromatic carbocycles. The lowest BCUT2D eigenvalue weighted by atomic mass is 10.1. The Labute approximate surface area is 171 Å². The quantitative estimate of drug-likeness (QED) is 0.777. The number of hydrogen-bond donors (Lipinski definition) is 0. The van der Waals surface area contributed by atoms with Gasteiger partial charge in [0.05, 0.1) is 17.2 Å². The molecule has 2 aromatic rings. The minimum absolute atomic E-state index is 0.0671. The van der Waals surface area contributed by atoms with Gasteiger partial charge in [-0.3, -0.25) is 9.69 Å². The lowest BCUT2D eigenvalue weighted by Crippen LogP contribution is -2.32. The van der Waals surface area contributed by atoms with Crippen LogP contribution in [0.3, 0.4) is 0 Å². The van der Waals surface area contributed by atoms with E-state index in [-0.39, 0.29) is 5.91 Å². The third-order valence-electron chi connectivity index (χ3n) is 5.59. The number of nitrogens with zero attached hydrogens (tertiary/aromatic N) is 3. The molecule has 1 fully saturated rings. The second-order valence-corrected chi connectivity index (χ2v) is 9.06. The van der Waals surface area contributed by atoms with Crippen molar-refractivity contribution in [3.63, 3.8) is 0 Å². The second-order valence-electron chi connectivity index (χ2n) is 7.86. The van der Waals surface area contributed by atoms with E-state index in [2.05, 4.69) is 28.1 Å². The van der Waals surface area contributed by atoms with Crippen LogP contribution >= 0.6 is 11.3 Å². The van der Waals surface area contributed by atoms with Gasteiger partial charge in [-0.15, -0.1) is 11.3 Å². The number of carbonyl (C=O) groups excluding carboxylic acids is 1. The van der Waals surface area contributed by atoms with E-state index in [9.17, 15) is 4.79 Å². The van der Waals surface area contributed by atoms with Gasteiger partial charge in [-0.1, -0.05) is 18.9 Å². The Balaban J connectivity index is 1.51. The van der Waals surface area contributed by atoms with Crippen molar-refractivity contribution in [2.24, 2.45) is 0 Å². The summed E-state index contributed by atoms with van der Waals surface area (Å²) in [6.07, 6.45) is 5.29. The molecule has 4 rings (SSSR count). The molecule has 1 amide bonds. The first kappa shape index (κ1) is 19.4. The van der Waals surface area contributed by atoms with Crippen LogP contribution in [0.4, 0.5) is 0 Å². The van der Waals surface area contributed by atoms with E-state index in [0.717, 1.165) is 33.4 Å². The van der Waals surface area contributed by atoms with Crippen molar-refractivity contribution in [2.45, 2.75) is 52.6 Å². The topological polar surface area (TPSA) is 45.7 Å². The van der Waals surface area contributed by atoms with E-state index in [0.29, 0.717) is 19.7 Å². The van der Waals surface area contributed by atoms with Gasteiger partial charge in [0.2, 0.25) is 0 Å². The van der Waals surface area contributed by atoms with Gasteiger partial charge in [-0.05, 0) is 57.5 Å². The second kappa shape index (κ2) is 8.62. The fourth-order valence-electron chi connectivity index (χ4n) is 4.15. The summed E-state index contributed by atoms with van der Waals surface area (Å²) in [4.78, 5) is 22.7. The summed E-state index contributed by atoms with van der Waals surface area (Å²) in [5, 5.41) is 0.937. The SMILES string of the molecule is Cc1nc(C)c(C(=O)N2CCOc3ccc(CN4CCCCCC4)cc3C2)s1. The number of benzene rings is 1. The van der Waals surface area contributed by atoms with E-state index in [1.807, 2.05) is 18.7 Å². The fraction of sp³-hybridized carbons (Fsp3) is 0.545. The number of aromatic nitrogens is 1. The first-order valence-electron chi connectivity index (χ1n) is 10.3. The van der Waals surface area contributed by atoms with Crippen LogP contribution < -0.4 is 4.74 Å². The van der Waals surface area contributed by atoms with Gasteiger partial charge in [0.15, 0.2) is 0 Å². The standard InChI is InChI=1S/C22H29N3O2S/c1-16-21(28-17(2)23-16)22(26)25-11-12-27-20-8-7-18(13-19(20)15-25)14-24-9-5-3-4-6-10-24/h7-8,13H,3-6,9-12,14-15H2,1-2H3. The zero-order chi connectivity index (χ0) is 19.5.